The predicted molar refractivity (Wildman–Crippen MR) is 136 cm³/mol. The number of nitrogens with zero attached hydrogens (tertiary/aromatic N) is 1. The molecule has 0 aliphatic rings. The van der Waals surface area contributed by atoms with Gasteiger partial charge in [0.1, 0.15) is 11.3 Å². The molecular weight excluding hydrogens is 390 g/mol. The standard InChI is InChI=1S/C30H35NO/c1-18(2)24-10-9-11-25(19(3)4)29(24)28-15-22-17-31-26(16-27(22)32-28)21-12-20(5)13-23(14-21)30(6,7)8/h9-19H,1-8H3. The number of pyridine rings is 1. The summed E-state index contributed by atoms with van der Waals surface area (Å²) in [6.07, 6.45) is 1.95. The van der Waals surface area contributed by atoms with Crippen LogP contribution in [-0.4, -0.2) is 4.98 Å². The molecule has 0 aliphatic carbocycles. The van der Waals surface area contributed by atoms with Gasteiger partial charge in [0.2, 0.25) is 0 Å². The Morgan fingerprint density at radius 2 is 1.50 bits per heavy atom. The minimum atomic E-state index is 0.0938. The normalized spacial score (nSPS) is 12.3. The molecule has 0 amide bonds. The van der Waals surface area contributed by atoms with Crippen molar-refractivity contribution < 1.29 is 4.42 Å². The van der Waals surface area contributed by atoms with Crippen LogP contribution in [0.4, 0.5) is 0 Å². The molecule has 2 heteroatoms. The van der Waals surface area contributed by atoms with E-state index in [4.69, 9.17) is 9.40 Å². The molecule has 2 aromatic carbocycles. The first kappa shape index (κ1) is 22.3. The maximum Gasteiger partial charge on any atom is 0.138 e. The van der Waals surface area contributed by atoms with Crippen LogP contribution in [-0.2, 0) is 5.41 Å². The van der Waals surface area contributed by atoms with Gasteiger partial charge >= 0.3 is 0 Å². The van der Waals surface area contributed by atoms with Crippen LogP contribution in [0.2, 0.25) is 0 Å². The average Bonchev–Trinajstić information content (AvgIpc) is 3.15. The maximum atomic E-state index is 6.49. The first-order chi connectivity index (χ1) is 15.0. The summed E-state index contributed by atoms with van der Waals surface area (Å²) in [5.41, 5.74) is 9.54. The van der Waals surface area contributed by atoms with E-state index in [1.165, 1.54) is 27.8 Å². The van der Waals surface area contributed by atoms with Gasteiger partial charge in [0.25, 0.3) is 0 Å². The van der Waals surface area contributed by atoms with Crippen LogP contribution in [0.3, 0.4) is 0 Å². The summed E-state index contributed by atoms with van der Waals surface area (Å²) in [5, 5.41) is 1.04. The summed E-state index contributed by atoms with van der Waals surface area (Å²) in [7, 11) is 0. The lowest BCUT2D eigenvalue weighted by Crippen LogP contribution is -2.11. The number of aromatic nitrogens is 1. The van der Waals surface area contributed by atoms with Crippen molar-refractivity contribution in [2.75, 3.05) is 0 Å². The monoisotopic (exact) mass is 425 g/mol. The zero-order valence-electron chi connectivity index (χ0n) is 20.7. The van der Waals surface area contributed by atoms with E-state index in [1.807, 2.05) is 6.20 Å². The van der Waals surface area contributed by atoms with Crippen LogP contribution in [0, 0.1) is 6.92 Å². The number of hydrogen-bond acceptors (Lipinski definition) is 2. The van der Waals surface area contributed by atoms with E-state index in [1.54, 1.807) is 0 Å². The highest BCUT2D eigenvalue weighted by molar-refractivity contribution is 5.86. The topological polar surface area (TPSA) is 26.0 Å². The summed E-state index contributed by atoms with van der Waals surface area (Å²) >= 11 is 0. The van der Waals surface area contributed by atoms with E-state index >= 15 is 0 Å². The molecule has 0 atom stereocenters. The number of rotatable bonds is 4. The van der Waals surface area contributed by atoms with Crippen LogP contribution in [0.15, 0.2) is 59.1 Å². The van der Waals surface area contributed by atoms with E-state index in [0.29, 0.717) is 11.8 Å². The Kier molecular flexibility index (Phi) is 5.75. The lowest BCUT2D eigenvalue weighted by atomic mass is 9.85. The van der Waals surface area contributed by atoms with Gasteiger partial charge in [-0.3, -0.25) is 4.98 Å². The molecule has 0 bridgehead atoms. The quantitative estimate of drug-likeness (QED) is 0.326. The Bertz CT molecular complexity index is 1240. The van der Waals surface area contributed by atoms with Crippen molar-refractivity contribution in [2.24, 2.45) is 0 Å². The van der Waals surface area contributed by atoms with Gasteiger partial charge < -0.3 is 4.42 Å². The zero-order valence-corrected chi connectivity index (χ0v) is 20.7. The molecular formula is C30H35NO. The van der Waals surface area contributed by atoms with Crippen LogP contribution in [0.25, 0.3) is 33.6 Å². The number of benzene rings is 2. The van der Waals surface area contributed by atoms with Crippen molar-refractivity contribution in [1.82, 2.24) is 4.98 Å². The highest BCUT2D eigenvalue weighted by atomic mass is 16.3. The summed E-state index contributed by atoms with van der Waals surface area (Å²) in [5.74, 6) is 1.79. The predicted octanol–water partition coefficient (Wildman–Crippen LogP) is 9.01. The fourth-order valence-electron chi connectivity index (χ4n) is 4.41. The van der Waals surface area contributed by atoms with E-state index in [9.17, 15) is 0 Å². The van der Waals surface area contributed by atoms with Crippen molar-refractivity contribution >= 4 is 11.0 Å². The second-order valence-corrected chi connectivity index (χ2v) is 10.7. The molecule has 0 radical (unpaired) electrons. The Morgan fingerprint density at radius 1 is 0.844 bits per heavy atom. The van der Waals surface area contributed by atoms with Crippen molar-refractivity contribution in [3.8, 4) is 22.6 Å². The van der Waals surface area contributed by atoms with Crippen LogP contribution in [0.5, 0.6) is 0 Å². The summed E-state index contributed by atoms with van der Waals surface area (Å²) in [6, 6.07) is 17.6. The van der Waals surface area contributed by atoms with Gasteiger partial charge in [-0.15, -0.1) is 0 Å². The van der Waals surface area contributed by atoms with Gasteiger partial charge in [0.05, 0.1) is 5.69 Å². The molecule has 2 nitrogen and oxygen atoms in total. The molecule has 166 valence electrons. The summed E-state index contributed by atoms with van der Waals surface area (Å²) < 4.78 is 6.49. The Hall–Kier alpha value is -2.87. The Morgan fingerprint density at radius 3 is 2.09 bits per heavy atom. The number of aryl methyl sites for hydroxylation is 1. The summed E-state index contributed by atoms with van der Waals surface area (Å²) in [6.45, 7) is 17.9. The smallest absolute Gasteiger partial charge is 0.138 e. The third-order valence-corrected chi connectivity index (χ3v) is 6.26. The molecule has 2 aromatic heterocycles. The minimum absolute atomic E-state index is 0.0938. The van der Waals surface area contributed by atoms with Gasteiger partial charge in [-0.2, -0.15) is 0 Å². The minimum Gasteiger partial charge on any atom is -0.456 e. The molecule has 2 heterocycles. The lowest BCUT2D eigenvalue weighted by molar-refractivity contribution is 0.590. The number of furan rings is 1. The Labute approximate surface area is 192 Å². The van der Waals surface area contributed by atoms with E-state index in [2.05, 4.69) is 104 Å². The largest absolute Gasteiger partial charge is 0.456 e. The summed E-state index contributed by atoms with van der Waals surface area (Å²) in [4.78, 5) is 4.80. The van der Waals surface area contributed by atoms with E-state index in [-0.39, 0.29) is 5.41 Å². The van der Waals surface area contributed by atoms with Crippen LogP contribution in [0.1, 0.15) is 82.6 Å². The van der Waals surface area contributed by atoms with Crippen molar-refractivity contribution in [3.05, 3.63) is 77.0 Å². The highest BCUT2D eigenvalue weighted by Gasteiger charge is 2.20. The van der Waals surface area contributed by atoms with Gasteiger partial charge in [0, 0.05) is 28.8 Å². The molecule has 0 spiro atoms. The Balaban J connectivity index is 1.86. The van der Waals surface area contributed by atoms with Gasteiger partial charge in [-0.25, -0.2) is 0 Å². The number of hydrogen-bond donors (Lipinski definition) is 0. The van der Waals surface area contributed by atoms with E-state index < -0.39 is 0 Å². The second-order valence-electron chi connectivity index (χ2n) is 10.7. The van der Waals surface area contributed by atoms with Gasteiger partial charge in [-0.1, -0.05) is 78.3 Å². The zero-order chi connectivity index (χ0) is 23.2. The van der Waals surface area contributed by atoms with Crippen molar-refractivity contribution in [3.63, 3.8) is 0 Å². The van der Waals surface area contributed by atoms with Crippen molar-refractivity contribution in [2.45, 2.75) is 72.6 Å². The van der Waals surface area contributed by atoms with Gasteiger partial charge in [-0.05, 0) is 59.1 Å². The first-order valence-corrected chi connectivity index (χ1v) is 11.7. The fourth-order valence-corrected chi connectivity index (χ4v) is 4.41. The van der Waals surface area contributed by atoms with Gasteiger partial charge in [0.15, 0.2) is 0 Å². The second kappa shape index (κ2) is 8.24. The molecule has 4 rings (SSSR count). The molecule has 4 aromatic rings. The molecule has 0 saturated heterocycles. The molecule has 32 heavy (non-hydrogen) atoms. The average molecular weight is 426 g/mol. The molecule has 0 saturated carbocycles. The fraction of sp³-hybridized carbons (Fsp3) is 0.367. The lowest BCUT2D eigenvalue weighted by Gasteiger charge is -2.20. The number of fused-ring (bicyclic) bond motifs is 1. The SMILES string of the molecule is Cc1cc(-c2cc3oc(-c4c(C(C)C)cccc4C(C)C)cc3cn2)cc(C(C)(C)C)c1. The first-order valence-electron chi connectivity index (χ1n) is 11.7. The molecule has 0 aliphatic heterocycles. The molecule has 0 fully saturated rings. The molecule has 0 N–H and O–H groups in total. The molecule has 0 unspecified atom stereocenters. The van der Waals surface area contributed by atoms with Crippen LogP contribution >= 0.6 is 0 Å². The third-order valence-electron chi connectivity index (χ3n) is 6.26. The highest BCUT2D eigenvalue weighted by Crippen LogP contribution is 2.39. The third kappa shape index (κ3) is 4.24. The van der Waals surface area contributed by atoms with Crippen LogP contribution < -0.4 is 0 Å². The van der Waals surface area contributed by atoms with Crippen molar-refractivity contribution in [1.29, 1.82) is 0 Å². The maximum absolute atomic E-state index is 6.49. The van der Waals surface area contributed by atoms with E-state index in [0.717, 1.165) is 28.0 Å².